The number of ether oxygens (including phenoxy) is 1. The largest absolute Gasteiger partial charge is 0.380 e. The molecule has 0 aromatic rings. The Kier molecular flexibility index (Phi) is 6.37. The van der Waals surface area contributed by atoms with Crippen LogP contribution in [0.4, 0.5) is 0 Å². The molecule has 0 aromatic carbocycles. The maximum atomic E-state index is 5.47. The van der Waals surface area contributed by atoms with E-state index in [9.17, 15) is 0 Å². The fourth-order valence-electron chi connectivity index (χ4n) is 2.87. The van der Waals surface area contributed by atoms with Crippen LogP contribution in [0.3, 0.4) is 0 Å². The Morgan fingerprint density at radius 1 is 1.19 bits per heavy atom. The molecular weight excluding hydrogens is 198 g/mol. The highest BCUT2D eigenvalue weighted by Crippen LogP contribution is 2.30. The molecular formula is C14H29NO. The van der Waals surface area contributed by atoms with E-state index in [4.69, 9.17) is 4.74 Å². The van der Waals surface area contributed by atoms with Crippen molar-refractivity contribution in [1.29, 1.82) is 0 Å². The highest BCUT2D eigenvalue weighted by atomic mass is 16.5. The summed E-state index contributed by atoms with van der Waals surface area (Å²) in [7, 11) is 0. The molecule has 0 aromatic heterocycles. The van der Waals surface area contributed by atoms with Crippen molar-refractivity contribution in [3.8, 4) is 0 Å². The number of rotatable bonds is 6. The zero-order chi connectivity index (χ0) is 12.0. The quantitative estimate of drug-likeness (QED) is 0.752. The van der Waals surface area contributed by atoms with Gasteiger partial charge in [0.05, 0.1) is 6.61 Å². The molecule has 0 spiro atoms. The van der Waals surface area contributed by atoms with Gasteiger partial charge in [-0.2, -0.15) is 0 Å². The summed E-state index contributed by atoms with van der Waals surface area (Å²) in [6.45, 7) is 10.7. The molecule has 3 unspecified atom stereocenters. The summed E-state index contributed by atoms with van der Waals surface area (Å²) in [6.07, 6.45) is 5.55. The Balaban J connectivity index is 2.36. The van der Waals surface area contributed by atoms with Crippen molar-refractivity contribution in [1.82, 2.24) is 5.32 Å². The van der Waals surface area contributed by atoms with Gasteiger partial charge in [-0.25, -0.2) is 0 Å². The van der Waals surface area contributed by atoms with Crippen LogP contribution in [0, 0.1) is 11.8 Å². The van der Waals surface area contributed by atoms with Gasteiger partial charge in [0.2, 0.25) is 0 Å². The standard InChI is InChI=1S/C14H29NO/c1-5-16-10-12(4)15-14-9-7-6-8-13(14)11(2)3/h11-15H,5-10H2,1-4H3. The summed E-state index contributed by atoms with van der Waals surface area (Å²) < 4.78 is 5.47. The van der Waals surface area contributed by atoms with E-state index < -0.39 is 0 Å². The maximum Gasteiger partial charge on any atom is 0.0616 e. The van der Waals surface area contributed by atoms with Crippen LogP contribution in [-0.4, -0.2) is 25.3 Å². The predicted molar refractivity (Wildman–Crippen MR) is 69.7 cm³/mol. The van der Waals surface area contributed by atoms with Crippen LogP contribution >= 0.6 is 0 Å². The minimum absolute atomic E-state index is 0.490. The molecule has 0 amide bonds. The highest BCUT2D eigenvalue weighted by molar-refractivity contribution is 4.84. The van der Waals surface area contributed by atoms with Gasteiger partial charge in [-0.15, -0.1) is 0 Å². The zero-order valence-corrected chi connectivity index (χ0v) is 11.5. The average Bonchev–Trinajstić information content (AvgIpc) is 2.27. The lowest BCUT2D eigenvalue weighted by atomic mass is 9.77. The van der Waals surface area contributed by atoms with Crippen molar-refractivity contribution >= 4 is 0 Å². The molecule has 1 fully saturated rings. The first-order valence-corrected chi connectivity index (χ1v) is 6.99. The first-order valence-electron chi connectivity index (χ1n) is 6.99. The molecule has 2 heteroatoms. The van der Waals surface area contributed by atoms with Gasteiger partial charge >= 0.3 is 0 Å². The van der Waals surface area contributed by atoms with E-state index in [1.54, 1.807) is 0 Å². The second-order valence-corrected chi connectivity index (χ2v) is 5.53. The second-order valence-electron chi connectivity index (χ2n) is 5.53. The van der Waals surface area contributed by atoms with Crippen molar-refractivity contribution < 1.29 is 4.74 Å². The Morgan fingerprint density at radius 3 is 2.50 bits per heavy atom. The fraction of sp³-hybridized carbons (Fsp3) is 1.00. The molecule has 0 aliphatic heterocycles. The van der Waals surface area contributed by atoms with Crippen LogP contribution in [0.1, 0.15) is 53.4 Å². The van der Waals surface area contributed by atoms with Gasteiger partial charge in [-0.1, -0.05) is 26.7 Å². The molecule has 1 rings (SSSR count). The number of hydrogen-bond acceptors (Lipinski definition) is 2. The molecule has 16 heavy (non-hydrogen) atoms. The number of hydrogen-bond donors (Lipinski definition) is 1. The molecule has 1 aliphatic rings. The summed E-state index contributed by atoms with van der Waals surface area (Å²) in [4.78, 5) is 0. The van der Waals surface area contributed by atoms with Crippen LogP contribution in [-0.2, 0) is 4.74 Å². The lowest BCUT2D eigenvalue weighted by Crippen LogP contribution is -2.46. The normalized spacial score (nSPS) is 28.3. The van der Waals surface area contributed by atoms with Gasteiger partial charge in [0.25, 0.3) is 0 Å². The van der Waals surface area contributed by atoms with Gasteiger partial charge in [0, 0.05) is 18.7 Å². The Hall–Kier alpha value is -0.0800. The summed E-state index contributed by atoms with van der Waals surface area (Å²) in [5, 5.41) is 3.76. The third-order valence-electron chi connectivity index (χ3n) is 3.75. The van der Waals surface area contributed by atoms with E-state index >= 15 is 0 Å². The molecule has 3 atom stereocenters. The fourth-order valence-corrected chi connectivity index (χ4v) is 2.87. The van der Waals surface area contributed by atoms with Gasteiger partial charge < -0.3 is 10.1 Å². The minimum Gasteiger partial charge on any atom is -0.380 e. The summed E-state index contributed by atoms with van der Waals surface area (Å²) >= 11 is 0. The highest BCUT2D eigenvalue weighted by Gasteiger charge is 2.28. The molecule has 1 saturated carbocycles. The first-order chi connectivity index (χ1) is 7.65. The monoisotopic (exact) mass is 227 g/mol. The molecule has 0 heterocycles. The predicted octanol–water partition coefficient (Wildman–Crippen LogP) is 3.22. The Morgan fingerprint density at radius 2 is 1.88 bits per heavy atom. The van der Waals surface area contributed by atoms with E-state index in [0.717, 1.165) is 25.0 Å². The Bertz CT molecular complexity index is 182. The molecule has 1 aliphatic carbocycles. The average molecular weight is 227 g/mol. The smallest absolute Gasteiger partial charge is 0.0616 e. The van der Waals surface area contributed by atoms with E-state index in [1.165, 1.54) is 25.7 Å². The van der Waals surface area contributed by atoms with Crippen molar-refractivity contribution in [3.63, 3.8) is 0 Å². The van der Waals surface area contributed by atoms with Crippen molar-refractivity contribution in [2.45, 2.75) is 65.5 Å². The van der Waals surface area contributed by atoms with Crippen LogP contribution in [0.2, 0.25) is 0 Å². The number of nitrogens with one attached hydrogen (secondary N) is 1. The topological polar surface area (TPSA) is 21.3 Å². The summed E-state index contributed by atoms with van der Waals surface area (Å²) in [5.74, 6) is 1.66. The Labute approximate surface area is 101 Å². The zero-order valence-electron chi connectivity index (χ0n) is 11.5. The molecule has 0 radical (unpaired) electrons. The van der Waals surface area contributed by atoms with Gasteiger partial charge in [0.15, 0.2) is 0 Å². The SMILES string of the molecule is CCOCC(C)NC1CCCCC1C(C)C. The van der Waals surface area contributed by atoms with E-state index in [0.29, 0.717) is 12.1 Å². The van der Waals surface area contributed by atoms with Crippen LogP contribution in [0.25, 0.3) is 0 Å². The molecule has 0 bridgehead atoms. The lowest BCUT2D eigenvalue weighted by Gasteiger charge is -2.36. The van der Waals surface area contributed by atoms with E-state index in [-0.39, 0.29) is 0 Å². The maximum absolute atomic E-state index is 5.47. The summed E-state index contributed by atoms with van der Waals surface area (Å²) in [6, 6.07) is 1.20. The van der Waals surface area contributed by atoms with Gasteiger partial charge in [-0.3, -0.25) is 0 Å². The van der Waals surface area contributed by atoms with E-state index in [1.807, 2.05) is 0 Å². The van der Waals surface area contributed by atoms with E-state index in [2.05, 4.69) is 33.0 Å². The van der Waals surface area contributed by atoms with Crippen molar-refractivity contribution in [2.75, 3.05) is 13.2 Å². The first kappa shape index (κ1) is 14.0. The van der Waals surface area contributed by atoms with Crippen molar-refractivity contribution in [2.24, 2.45) is 11.8 Å². The van der Waals surface area contributed by atoms with Crippen LogP contribution in [0.5, 0.6) is 0 Å². The third-order valence-corrected chi connectivity index (χ3v) is 3.75. The van der Waals surface area contributed by atoms with Gasteiger partial charge in [0.1, 0.15) is 0 Å². The minimum atomic E-state index is 0.490. The third kappa shape index (κ3) is 4.42. The molecule has 0 saturated heterocycles. The molecule has 96 valence electrons. The van der Waals surface area contributed by atoms with Crippen LogP contribution in [0.15, 0.2) is 0 Å². The molecule has 1 N–H and O–H groups in total. The second kappa shape index (κ2) is 7.29. The van der Waals surface area contributed by atoms with Crippen LogP contribution < -0.4 is 5.32 Å². The van der Waals surface area contributed by atoms with Gasteiger partial charge in [-0.05, 0) is 38.5 Å². The molecule has 2 nitrogen and oxygen atoms in total. The lowest BCUT2D eigenvalue weighted by molar-refractivity contribution is 0.109. The summed E-state index contributed by atoms with van der Waals surface area (Å²) in [5.41, 5.74) is 0. The van der Waals surface area contributed by atoms with Crippen molar-refractivity contribution in [3.05, 3.63) is 0 Å².